The van der Waals surface area contributed by atoms with Crippen LogP contribution in [0.1, 0.15) is 32.8 Å². The first-order chi connectivity index (χ1) is 9.58. The van der Waals surface area contributed by atoms with Gasteiger partial charge in [0.15, 0.2) is 0 Å². The Morgan fingerprint density at radius 1 is 1.25 bits per heavy atom. The van der Waals surface area contributed by atoms with Crippen LogP contribution in [0.4, 0.5) is 0 Å². The smallest absolute Gasteiger partial charge is 0.310 e. The first-order valence-corrected chi connectivity index (χ1v) is 7.09. The minimum atomic E-state index is -0.165. The van der Waals surface area contributed by atoms with Crippen molar-refractivity contribution < 1.29 is 9.53 Å². The van der Waals surface area contributed by atoms with Gasteiger partial charge in [-0.05, 0) is 31.7 Å². The largest absolute Gasteiger partial charge is 0.465 e. The number of hydrogen-bond acceptors (Lipinski definition) is 2. The molecule has 0 fully saturated rings. The zero-order valence-corrected chi connectivity index (χ0v) is 12.6. The quantitative estimate of drug-likeness (QED) is 0.420. The van der Waals surface area contributed by atoms with Crippen molar-refractivity contribution in [1.82, 2.24) is 0 Å². The van der Waals surface area contributed by atoms with Gasteiger partial charge in [0.25, 0.3) is 0 Å². The molecule has 0 amide bonds. The Bertz CT molecular complexity index is 454. The molecule has 0 N–H and O–H groups in total. The third-order valence-electron chi connectivity index (χ3n) is 2.77. The van der Waals surface area contributed by atoms with Gasteiger partial charge in [-0.15, -0.1) is 0 Å². The molecule has 0 aromatic heterocycles. The summed E-state index contributed by atoms with van der Waals surface area (Å²) in [5, 5.41) is 0. The third-order valence-corrected chi connectivity index (χ3v) is 2.77. The lowest BCUT2D eigenvalue weighted by Gasteiger charge is -2.03. The number of benzene rings is 1. The highest BCUT2D eigenvalue weighted by Gasteiger charge is 2.03. The first kappa shape index (κ1) is 16.2. The molecule has 0 saturated carbocycles. The van der Waals surface area contributed by atoms with Crippen LogP contribution >= 0.6 is 0 Å². The number of hydrogen-bond donors (Lipinski definition) is 0. The molecule has 0 heterocycles. The molecule has 0 aliphatic carbocycles. The summed E-state index contributed by atoms with van der Waals surface area (Å²) in [6, 6.07) is 9.66. The summed E-state index contributed by atoms with van der Waals surface area (Å²) < 4.78 is 5.20. The van der Waals surface area contributed by atoms with Gasteiger partial charge in [0.1, 0.15) is 0 Å². The van der Waals surface area contributed by atoms with Gasteiger partial charge in [-0.1, -0.05) is 61.1 Å². The maximum Gasteiger partial charge on any atom is 0.310 e. The Morgan fingerprint density at radius 2 is 1.95 bits per heavy atom. The third kappa shape index (κ3) is 7.57. The molecule has 1 aromatic rings. The number of carbonyl (C=O) groups excluding carboxylic acids is 1. The van der Waals surface area contributed by atoms with Gasteiger partial charge in [-0.2, -0.15) is 0 Å². The Labute approximate surface area is 122 Å². The van der Waals surface area contributed by atoms with Crippen molar-refractivity contribution in [3.63, 3.8) is 0 Å². The minimum Gasteiger partial charge on any atom is -0.465 e. The van der Waals surface area contributed by atoms with E-state index >= 15 is 0 Å². The van der Waals surface area contributed by atoms with Crippen LogP contribution in [0.15, 0.2) is 54.1 Å². The molecule has 20 heavy (non-hydrogen) atoms. The Balaban J connectivity index is 2.19. The molecule has 1 aromatic carbocycles. The molecular formula is C18H24O2. The molecule has 0 bridgehead atoms. The summed E-state index contributed by atoms with van der Waals surface area (Å²) in [6.07, 6.45) is 7.52. The molecule has 2 nitrogen and oxygen atoms in total. The van der Waals surface area contributed by atoms with Gasteiger partial charge in [-0.3, -0.25) is 4.79 Å². The van der Waals surface area contributed by atoms with Gasteiger partial charge in [0.2, 0.25) is 0 Å². The van der Waals surface area contributed by atoms with Crippen molar-refractivity contribution in [2.75, 3.05) is 6.61 Å². The fraction of sp³-hybridized carbons (Fsp3) is 0.389. The van der Waals surface area contributed by atoms with E-state index in [1.165, 1.54) is 5.57 Å². The van der Waals surface area contributed by atoms with Crippen LogP contribution in [0.3, 0.4) is 0 Å². The van der Waals surface area contributed by atoms with E-state index < -0.39 is 0 Å². The molecule has 1 rings (SSSR count). The molecule has 1 atom stereocenters. The lowest BCUT2D eigenvalue weighted by molar-refractivity contribution is -0.142. The minimum absolute atomic E-state index is 0.165. The summed E-state index contributed by atoms with van der Waals surface area (Å²) in [5.74, 6) is 0.266. The van der Waals surface area contributed by atoms with Gasteiger partial charge in [0, 0.05) is 0 Å². The van der Waals surface area contributed by atoms with Crippen molar-refractivity contribution in [3.8, 4) is 0 Å². The van der Waals surface area contributed by atoms with Crippen LogP contribution in [0.5, 0.6) is 0 Å². The number of carbonyl (C=O) groups is 1. The molecule has 0 saturated heterocycles. The molecule has 0 radical (unpaired) electrons. The second kappa shape index (κ2) is 9.13. The molecule has 108 valence electrons. The maximum absolute atomic E-state index is 11.6. The monoisotopic (exact) mass is 272 g/mol. The lowest BCUT2D eigenvalue weighted by atomic mass is 10.1. The Hall–Kier alpha value is -1.83. The Morgan fingerprint density at radius 3 is 2.60 bits per heavy atom. The van der Waals surface area contributed by atoms with E-state index in [2.05, 4.69) is 39.0 Å². The van der Waals surface area contributed by atoms with Crippen LogP contribution < -0.4 is 0 Å². The summed E-state index contributed by atoms with van der Waals surface area (Å²) in [7, 11) is 0. The second-order valence-corrected chi connectivity index (χ2v) is 5.20. The van der Waals surface area contributed by atoms with Gasteiger partial charge in [0.05, 0.1) is 13.0 Å². The van der Waals surface area contributed by atoms with E-state index in [9.17, 15) is 4.79 Å². The van der Waals surface area contributed by atoms with E-state index in [0.717, 1.165) is 12.0 Å². The highest BCUT2D eigenvalue weighted by atomic mass is 16.5. The SMILES string of the molecule is CC(C)=CC(C)/C=C/CCOC(=O)Cc1ccccc1. The van der Waals surface area contributed by atoms with Crippen LogP contribution in [0, 0.1) is 5.92 Å². The van der Waals surface area contributed by atoms with Crippen molar-refractivity contribution in [2.24, 2.45) is 5.92 Å². The Kier molecular flexibility index (Phi) is 7.41. The van der Waals surface area contributed by atoms with Crippen molar-refractivity contribution in [2.45, 2.75) is 33.6 Å². The molecular weight excluding hydrogens is 248 g/mol. The van der Waals surface area contributed by atoms with E-state index in [-0.39, 0.29) is 5.97 Å². The lowest BCUT2D eigenvalue weighted by Crippen LogP contribution is -2.08. The average molecular weight is 272 g/mol. The molecule has 0 aliphatic heterocycles. The van der Waals surface area contributed by atoms with E-state index in [1.54, 1.807) is 0 Å². The average Bonchev–Trinajstić information content (AvgIpc) is 2.38. The summed E-state index contributed by atoms with van der Waals surface area (Å²) in [5.41, 5.74) is 2.31. The molecule has 0 aliphatic rings. The van der Waals surface area contributed by atoms with Gasteiger partial charge < -0.3 is 4.74 Å². The fourth-order valence-electron chi connectivity index (χ4n) is 1.95. The van der Waals surface area contributed by atoms with E-state index in [0.29, 0.717) is 18.9 Å². The standard InChI is InChI=1S/C18H24O2/c1-15(2)13-16(3)9-7-8-12-20-18(19)14-17-10-5-4-6-11-17/h4-7,9-11,13,16H,8,12,14H2,1-3H3/b9-7+. The van der Waals surface area contributed by atoms with Crippen molar-refractivity contribution >= 4 is 5.97 Å². The number of rotatable bonds is 7. The van der Waals surface area contributed by atoms with Crippen LogP contribution in [-0.2, 0) is 16.0 Å². The second-order valence-electron chi connectivity index (χ2n) is 5.20. The maximum atomic E-state index is 11.6. The summed E-state index contributed by atoms with van der Waals surface area (Å²) >= 11 is 0. The number of esters is 1. The van der Waals surface area contributed by atoms with Gasteiger partial charge >= 0.3 is 5.97 Å². The first-order valence-electron chi connectivity index (χ1n) is 7.09. The molecule has 1 unspecified atom stereocenters. The van der Waals surface area contributed by atoms with E-state index in [1.807, 2.05) is 30.3 Å². The molecule has 0 spiro atoms. The van der Waals surface area contributed by atoms with Crippen molar-refractivity contribution in [3.05, 3.63) is 59.7 Å². The topological polar surface area (TPSA) is 26.3 Å². The highest BCUT2D eigenvalue weighted by molar-refractivity contribution is 5.72. The van der Waals surface area contributed by atoms with Crippen LogP contribution in [0.2, 0.25) is 0 Å². The van der Waals surface area contributed by atoms with Crippen LogP contribution in [0.25, 0.3) is 0 Å². The number of allylic oxidation sites excluding steroid dienone is 3. The highest BCUT2D eigenvalue weighted by Crippen LogP contribution is 2.05. The predicted octanol–water partition coefficient (Wildman–Crippen LogP) is 4.32. The fourth-order valence-corrected chi connectivity index (χ4v) is 1.95. The summed E-state index contributed by atoms with van der Waals surface area (Å²) in [6.45, 7) is 6.78. The van der Waals surface area contributed by atoms with Gasteiger partial charge in [-0.25, -0.2) is 0 Å². The van der Waals surface area contributed by atoms with E-state index in [4.69, 9.17) is 4.74 Å². The van der Waals surface area contributed by atoms with Crippen LogP contribution in [-0.4, -0.2) is 12.6 Å². The zero-order valence-electron chi connectivity index (χ0n) is 12.6. The zero-order chi connectivity index (χ0) is 14.8. The predicted molar refractivity (Wildman–Crippen MR) is 83.5 cm³/mol. The van der Waals surface area contributed by atoms with Crippen molar-refractivity contribution in [1.29, 1.82) is 0 Å². The molecule has 2 heteroatoms. The normalized spacial score (nSPS) is 12.2. The number of ether oxygens (including phenoxy) is 1. The summed E-state index contributed by atoms with van der Waals surface area (Å²) in [4.78, 5) is 11.6.